The van der Waals surface area contributed by atoms with Gasteiger partial charge in [-0.2, -0.15) is 0 Å². The van der Waals surface area contributed by atoms with Gasteiger partial charge in [-0.25, -0.2) is 0 Å². The SMILES string of the molecule is CC1(C(=O)Cc2cccs2)CCCCN1. The van der Waals surface area contributed by atoms with Gasteiger partial charge in [0.2, 0.25) is 0 Å². The second-order valence-corrected chi connectivity index (χ2v) is 5.43. The average molecular weight is 223 g/mol. The van der Waals surface area contributed by atoms with Crippen molar-refractivity contribution in [3.05, 3.63) is 22.4 Å². The summed E-state index contributed by atoms with van der Waals surface area (Å²) >= 11 is 1.67. The van der Waals surface area contributed by atoms with Crippen molar-refractivity contribution in [1.29, 1.82) is 0 Å². The minimum atomic E-state index is -0.276. The maximum atomic E-state index is 12.1. The molecule has 0 aromatic carbocycles. The van der Waals surface area contributed by atoms with Crippen LogP contribution in [-0.4, -0.2) is 17.9 Å². The van der Waals surface area contributed by atoms with Crippen LogP contribution in [0.5, 0.6) is 0 Å². The van der Waals surface area contributed by atoms with Crippen molar-refractivity contribution in [3.63, 3.8) is 0 Å². The number of carbonyl (C=O) groups excluding carboxylic acids is 1. The number of ketones is 1. The summed E-state index contributed by atoms with van der Waals surface area (Å²) < 4.78 is 0. The van der Waals surface area contributed by atoms with Crippen molar-refractivity contribution in [1.82, 2.24) is 5.32 Å². The van der Waals surface area contributed by atoms with Crippen LogP contribution in [0.4, 0.5) is 0 Å². The van der Waals surface area contributed by atoms with Crippen LogP contribution in [0.2, 0.25) is 0 Å². The Labute approximate surface area is 94.7 Å². The van der Waals surface area contributed by atoms with Crippen LogP contribution < -0.4 is 5.32 Å². The van der Waals surface area contributed by atoms with Crippen LogP contribution in [0, 0.1) is 0 Å². The highest BCUT2D eigenvalue weighted by Gasteiger charge is 2.33. The van der Waals surface area contributed by atoms with E-state index >= 15 is 0 Å². The Bertz CT molecular complexity index is 325. The molecule has 0 aliphatic carbocycles. The van der Waals surface area contributed by atoms with Gasteiger partial charge in [-0.3, -0.25) is 4.79 Å². The van der Waals surface area contributed by atoms with Crippen molar-refractivity contribution in [2.45, 2.75) is 38.1 Å². The molecule has 0 radical (unpaired) electrons. The summed E-state index contributed by atoms with van der Waals surface area (Å²) in [6.45, 7) is 3.02. The molecule has 1 atom stereocenters. The van der Waals surface area contributed by atoms with E-state index in [4.69, 9.17) is 0 Å². The lowest BCUT2D eigenvalue weighted by Gasteiger charge is -2.33. The number of thiophene rings is 1. The van der Waals surface area contributed by atoms with Crippen molar-refractivity contribution in [2.24, 2.45) is 0 Å². The molecule has 1 aliphatic rings. The molecule has 0 amide bonds. The molecule has 1 aromatic heterocycles. The van der Waals surface area contributed by atoms with E-state index in [0.29, 0.717) is 12.2 Å². The molecule has 1 aliphatic heterocycles. The van der Waals surface area contributed by atoms with E-state index in [1.807, 2.05) is 24.4 Å². The molecule has 2 nitrogen and oxygen atoms in total. The zero-order chi connectivity index (χ0) is 10.7. The molecule has 0 bridgehead atoms. The fourth-order valence-electron chi connectivity index (χ4n) is 2.06. The first-order chi connectivity index (χ1) is 7.21. The molecule has 1 N–H and O–H groups in total. The zero-order valence-corrected chi connectivity index (χ0v) is 9.90. The van der Waals surface area contributed by atoms with Gasteiger partial charge in [-0.15, -0.1) is 11.3 Å². The number of nitrogens with one attached hydrogen (secondary N) is 1. The molecule has 1 unspecified atom stereocenters. The van der Waals surface area contributed by atoms with Gasteiger partial charge in [0.1, 0.15) is 0 Å². The van der Waals surface area contributed by atoms with Gasteiger partial charge in [0, 0.05) is 11.3 Å². The molecule has 0 saturated carbocycles. The van der Waals surface area contributed by atoms with E-state index in [-0.39, 0.29) is 5.54 Å². The highest BCUT2D eigenvalue weighted by molar-refractivity contribution is 7.10. The van der Waals surface area contributed by atoms with E-state index in [9.17, 15) is 4.79 Å². The lowest BCUT2D eigenvalue weighted by atomic mass is 9.85. The van der Waals surface area contributed by atoms with Crippen LogP contribution >= 0.6 is 11.3 Å². The fraction of sp³-hybridized carbons (Fsp3) is 0.583. The Kier molecular flexibility index (Phi) is 3.22. The fourth-order valence-corrected chi connectivity index (χ4v) is 2.76. The number of piperidine rings is 1. The molecule has 2 rings (SSSR count). The summed E-state index contributed by atoms with van der Waals surface area (Å²) in [5.74, 6) is 0.338. The molecule has 82 valence electrons. The minimum Gasteiger partial charge on any atom is -0.305 e. The van der Waals surface area contributed by atoms with Gasteiger partial charge < -0.3 is 5.32 Å². The highest BCUT2D eigenvalue weighted by atomic mass is 32.1. The number of carbonyl (C=O) groups is 1. The quantitative estimate of drug-likeness (QED) is 0.852. The third-order valence-corrected chi connectivity index (χ3v) is 4.03. The Morgan fingerprint density at radius 2 is 2.47 bits per heavy atom. The first-order valence-electron chi connectivity index (χ1n) is 5.51. The second-order valence-electron chi connectivity index (χ2n) is 4.40. The largest absolute Gasteiger partial charge is 0.305 e. The van der Waals surface area contributed by atoms with Gasteiger partial charge in [0.05, 0.1) is 5.54 Å². The van der Waals surface area contributed by atoms with Crippen molar-refractivity contribution < 1.29 is 4.79 Å². The summed E-state index contributed by atoms with van der Waals surface area (Å²) in [6, 6.07) is 4.04. The molecule has 0 spiro atoms. The molecule has 1 fully saturated rings. The molecular weight excluding hydrogens is 206 g/mol. The Balaban J connectivity index is 2.00. The van der Waals surface area contributed by atoms with Crippen molar-refractivity contribution >= 4 is 17.1 Å². The average Bonchev–Trinajstić information content (AvgIpc) is 2.71. The Hall–Kier alpha value is -0.670. The molecule has 3 heteroatoms. The minimum absolute atomic E-state index is 0.276. The topological polar surface area (TPSA) is 29.1 Å². The number of hydrogen-bond donors (Lipinski definition) is 1. The molecule has 15 heavy (non-hydrogen) atoms. The second kappa shape index (κ2) is 4.45. The van der Waals surface area contributed by atoms with Gasteiger partial charge in [-0.05, 0) is 44.2 Å². The third-order valence-electron chi connectivity index (χ3n) is 3.15. The maximum Gasteiger partial charge on any atom is 0.157 e. The predicted molar refractivity (Wildman–Crippen MR) is 63.3 cm³/mol. The van der Waals surface area contributed by atoms with Crippen LogP contribution in [-0.2, 0) is 11.2 Å². The van der Waals surface area contributed by atoms with E-state index < -0.39 is 0 Å². The standard InChI is InChI=1S/C12H17NOS/c1-12(6-2-3-7-13-12)11(14)9-10-5-4-8-15-10/h4-5,8,13H,2-3,6-7,9H2,1H3. The monoisotopic (exact) mass is 223 g/mol. The molecule has 1 saturated heterocycles. The summed E-state index contributed by atoms with van der Waals surface area (Å²) in [5.41, 5.74) is -0.276. The number of rotatable bonds is 3. The maximum absolute atomic E-state index is 12.1. The van der Waals surface area contributed by atoms with Crippen LogP contribution in [0.1, 0.15) is 31.1 Å². The normalized spacial score (nSPS) is 26.5. The molecular formula is C12H17NOS. The Morgan fingerprint density at radius 1 is 1.60 bits per heavy atom. The summed E-state index contributed by atoms with van der Waals surface area (Å²) in [7, 11) is 0. The van der Waals surface area contributed by atoms with Crippen molar-refractivity contribution in [2.75, 3.05) is 6.54 Å². The molecule has 2 heterocycles. The van der Waals surface area contributed by atoms with Crippen LogP contribution in [0.3, 0.4) is 0 Å². The zero-order valence-electron chi connectivity index (χ0n) is 9.08. The van der Waals surface area contributed by atoms with Crippen LogP contribution in [0.25, 0.3) is 0 Å². The first-order valence-corrected chi connectivity index (χ1v) is 6.39. The van der Waals surface area contributed by atoms with Gasteiger partial charge in [-0.1, -0.05) is 6.07 Å². The number of Topliss-reactive ketones (excluding diaryl/α,β-unsaturated/α-hetero) is 1. The van der Waals surface area contributed by atoms with Gasteiger partial charge in [0.25, 0.3) is 0 Å². The first kappa shape index (κ1) is 10.8. The summed E-state index contributed by atoms with van der Waals surface area (Å²) in [6.07, 6.45) is 3.93. The summed E-state index contributed by atoms with van der Waals surface area (Å²) in [5, 5.41) is 5.39. The lowest BCUT2D eigenvalue weighted by molar-refractivity contribution is -0.125. The lowest BCUT2D eigenvalue weighted by Crippen LogP contribution is -2.52. The van der Waals surface area contributed by atoms with Gasteiger partial charge >= 0.3 is 0 Å². The van der Waals surface area contributed by atoms with E-state index in [1.54, 1.807) is 11.3 Å². The summed E-state index contributed by atoms with van der Waals surface area (Å²) in [4.78, 5) is 13.3. The molecule has 1 aromatic rings. The smallest absolute Gasteiger partial charge is 0.157 e. The van der Waals surface area contributed by atoms with E-state index in [1.165, 1.54) is 17.7 Å². The van der Waals surface area contributed by atoms with Crippen molar-refractivity contribution in [3.8, 4) is 0 Å². The van der Waals surface area contributed by atoms with Gasteiger partial charge in [0.15, 0.2) is 5.78 Å². The van der Waals surface area contributed by atoms with E-state index in [0.717, 1.165) is 13.0 Å². The highest BCUT2D eigenvalue weighted by Crippen LogP contribution is 2.22. The number of hydrogen-bond acceptors (Lipinski definition) is 3. The third kappa shape index (κ3) is 2.47. The van der Waals surface area contributed by atoms with Crippen LogP contribution in [0.15, 0.2) is 17.5 Å². The predicted octanol–water partition coefficient (Wildman–Crippen LogP) is 2.39. The van der Waals surface area contributed by atoms with E-state index in [2.05, 4.69) is 5.32 Å². The Morgan fingerprint density at radius 3 is 3.07 bits per heavy atom.